The van der Waals surface area contributed by atoms with E-state index in [1.165, 1.54) is 21.1 Å². The van der Waals surface area contributed by atoms with Gasteiger partial charge in [-0.3, -0.25) is 9.36 Å². The van der Waals surface area contributed by atoms with Gasteiger partial charge in [0.2, 0.25) is 5.91 Å². The third-order valence-corrected chi connectivity index (χ3v) is 5.45. The number of carbonyl (C=O) groups is 1. The molecule has 0 bridgehead atoms. The zero-order chi connectivity index (χ0) is 14.0. The quantitative estimate of drug-likeness (QED) is 0.797. The van der Waals surface area contributed by atoms with Crippen molar-refractivity contribution in [3.05, 3.63) is 29.8 Å². The lowest BCUT2D eigenvalue weighted by Gasteiger charge is -2.18. The van der Waals surface area contributed by atoms with Crippen LogP contribution in [0.5, 0.6) is 0 Å². The van der Waals surface area contributed by atoms with Gasteiger partial charge in [0.15, 0.2) is 0 Å². The van der Waals surface area contributed by atoms with Gasteiger partial charge in [0, 0.05) is 39.3 Å². The number of nitrogens with zero attached hydrogens (tertiary/aromatic N) is 1. The molecule has 0 spiro atoms. The highest BCUT2D eigenvalue weighted by Gasteiger charge is 2.36. The van der Waals surface area contributed by atoms with Crippen LogP contribution in [0, 0.1) is 0 Å². The Labute approximate surface area is 113 Å². The number of hydrogen-bond donors (Lipinski definition) is 0. The predicted molar refractivity (Wildman–Crippen MR) is 73.7 cm³/mol. The van der Waals surface area contributed by atoms with Crippen LogP contribution >= 0.6 is 7.60 Å². The number of carbonyl (C=O) groups excluding carboxylic acids is 1. The molecule has 0 saturated carbocycles. The molecule has 1 amide bonds. The molecule has 1 aromatic carbocycles. The van der Waals surface area contributed by atoms with Crippen molar-refractivity contribution in [1.82, 2.24) is 0 Å². The Bertz CT molecular complexity index is 523. The van der Waals surface area contributed by atoms with Gasteiger partial charge in [0.05, 0.1) is 6.16 Å². The second-order valence-electron chi connectivity index (χ2n) is 4.54. The van der Waals surface area contributed by atoms with E-state index in [1.54, 1.807) is 4.90 Å². The van der Waals surface area contributed by atoms with Gasteiger partial charge in [0.25, 0.3) is 0 Å². The molecule has 1 heterocycles. The van der Waals surface area contributed by atoms with Gasteiger partial charge < -0.3 is 13.9 Å². The molecule has 2 rings (SSSR count). The Morgan fingerprint density at radius 1 is 1.37 bits per heavy atom. The first kappa shape index (κ1) is 14.3. The minimum absolute atomic E-state index is 0.0142. The van der Waals surface area contributed by atoms with E-state index in [2.05, 4.69) is 0 Å². The second kappa shape index (κ2) is 5.45. The van der Waals surface area contributed by atoms with Crippen LogP contribution in [-0.4, -0.2) is 32.8 Å². The minimum atomic E-state index is -3.08. The van der Waals surface area contributed by atoms with Crippen LogP contribution in [0.2, 0.25) is 0 Å². The summed E-state index contributed by atoms with van der Waals surface area (Å²) in [6.07, 6.45) is 0.279. The average Bonchev–Trinajstić information content (AvgIpc) is 2.78. The van der Waals surface area contributed by atoms with Crippen LogP contribution in [0.25, 0.3) is 0 Å². The van der Waals surface area contributed by atoms with E-state index < -0.39 is 7.60 Å². The summed E-state index contributed by atoms with van der Waals surface area (Å²) in [7, 11) is -0.315. The van der Waals surface area contributed by atoms with Crippen molar-refractivity contribution >= 4 is 19.2 Å². The third-order valence-electron chi connectivity index (χ3n) is 3.45. The highest BCUT2D eigenvalue weighted by molar-refractivity contribution is 7.53. The van der Waals surface area contributed by atoms with Gasteiger partial charge >= 0.3 is 7.60 Å². The molecule has 104 valence electrons. The molecule has 5 nitrogen and oxygen atoms in total. The molecule has 1 aliphatic rings. The monoisotopic (exact) mass is 283 g/mol. The first-order valence-electron chi connectivity index (χ1n) is 6.08. The van der Waals surface area contributed by atoms with E-state index in [1.807, 2.05) is 24.3 Å². The van der Waals surface area contributed by atoms with Crippen molar-refractivity contribution in [1.29, 1.82) is 0 Å². The summed E-state index contributed by atoms with van der Waals surface area (Å²) < 4.78 is 22.2. The molecule has 1 aliphatic heterocycles. The number of hydrogen-bond acceptors (Lipinski definition) is 4. The molecule has 0 aliphatic carbocycles. The van der Waals surface area contributed by atoms with Crippen LogP contribution in [-0.2, 0) is 18.4 Å². The Morgan fingerprint density at radius 2 is 2.00 bits per heavy atom. The Balaban J connectivity index is 2.30. The third kappa shape index (κ3) is 2.73. The summed E-state index contributed by atoms with van der Waals surface area (Å²) >= 11 is 0. The number of para-hydroxylation sites is 1. The number of rotatable bonds is 4. The van der Waals surface area contributed by atoms with Crippen molar-refractivity contribution in [3.63, 3.8) is 0 Å². The number of benzene rings is 1. The zero-order valence-electron chi connectivity index (χ0n) is 11.3. The molecule has 1 unspecified atom stereocenters. The van der Waals surface area contributed by atoms with Crippen molar-refractivity contribution in [3.8, 4) is 0 Å². The lowest BCUT2D eigenvalue weighted by molar-refractivity contribution is -0.116. The highest BCUT2D eigenvalue weighted by Crippen LogP contribution is 2.52. The van der Waals surface area contributed by atoms with Crippen molar-refractivity contribution in [2.24, 2.45) is 0 Å². The Morgan fingerprint density at radius 3 is 2.58 bits per heavy atom. The SMILES string of the molecule is COP(=O)(CC1CN(C(C)=O)c2ccccc21)OC. The molecule has 0 saturated heterocycles. The number of anilines is 1. The predicted octanol–water partition coefficient (Wildman–Crippen LogP) is 2.62. The topological polar surface area (TPSA) is 55.8 Å². The summed E-state index contributed by atoms with van der Waals surface area (Å²) in [5, 5.41) is 0. The maximum atomic E-state index is 12.2. The molecule has 1 atom stereocenters. The summed E-state index contributed by atoms with van der Waals surface area (Å²) in [6, 6.07) is 7.67. The highest BCUT2D eigenvalue weighted by atomic mass is 31.2. The van der Waals surface area contributed by atoms with Crippen molar-refractivity contribution in [2.45, 2.75) is 12.8 Å². The van der Waals surface area contributed by atoms with Crippen LogP contribution in [0.15, 0.2) is 24.3 Å². The molecule has 0 radical (unpaired) electrons. The van der Waals surface area contributed by atoms with Crippen LogP contribution in [0.1, 0.15) is 18.4 Å². The molecular formula is C13H18NO4P. The maximum Gasteiger partial charge on any atom is 0.330 e. The smallest absolute Gasteiger partial charge is 0.312 e. The van der Waals surface area contributed by atoms with Crippen LogP contribution in [0.4, 0.5) is 5.69 Å². The fourth-order valence-corrected chi connectivity index (χ4v) is 3.74. The van der Waals surface area contributed by atoms with Gasteiger partial charge in [-0.1, -0.05) is 18.2 Å². The van der Waals surface area contributed by atoms with Gasteiger partial charge in [0.1, 0.15) is 0 Å². The Kier molecular flexibility index (Phi) is 4.09. The van der Waals surface area contributed by atoms with Crippen molar-refractivity contribution in [2.75, 3.05) is 31.8 Å². The normalized spacial score (nSPS) is 18.5. The van der Waals surface area contributed by atoms with E-state index >= 15 is 0 Å². The Hall–Kier alpha value is -1.16. The summed E-state index contributed by atoms with van der Waals surface area (Å²) in [6.45, 7) is 2.05. The lowest BCUT2D eigenvalue weighted by atomic mass is 10.0. The molecule has 0 aromatic heterocycles. The summed E-state index contributed by atoms with van der Waals surface area (Å²) in [5.74, 6) is -0.0366. The molecule has 1 aromatic rings. The fourth-order valence-electron chi connectivity index (χ4n) is 2.44. The van der Waals surface area contributed by atoms with Gasteiger partial charge in [-0.05, 0) is 11.6 Å². The van der Waals surface area contributed by atoms with Crippen molar-refractivity contribution < 1.29 is 18.4 Å². The van der Waals surface area contributed by atoms with E-state index in [4.69, 9.17) is 9.05 Å². The molecule has 19 heavy (non-hydrogen) atoms. The van der Waals surface area contributed by atoms with E-state index in [0.29, 0.717) is 6.54 Å². The average molecular weight is 283 g/mol. The van der Waals surface area contributed by atoms with Crippen LogP contribution < -0.4 is 4.90 Å². The maximum absolute atomic E-state index is 12.2. The van der Waals surface area contributed by atoms with Crippen LogP contribution in [0.3, 0.4) is 0 Å². The van der Waals surface area contributed by atoms with E-state index in [-0.39, 0.29) is 18.0 Å². The summed E-state index contributed by atoms with van der Waals surface area (Å²) in [4.78, 5) is 13.4. The molecule has 0 fully saturated rings. The van der Waals surface area contributed by atoms with Gasteiger partial charge in [-0.15, -0.1) is 0 Å². The molecular weight excluding hydrogens is 265 g/mol. The second-order valence-corrected chi connectivity index (χ2v) is 6.86. The molecule has 6 heteroatoms. The van der Waals surface area contributed by atoms with E-state index in [0.717, 1.165) is 11.3 Å². The van der Waals surface area contributed by atoms with E-state index in [9.17, 15) is 9.36 Å². The largest absolute Gasteiger partial charge is 0.330 e. The minimum Gasteiger partial charge on any atom is -0.312 e. The standard InChI is InChI=1S/C13H18NO4P/c1-10(15)14-8-11(9-19(16,17-2)18-3)12-6-4-5-7-13(12)14/h4-7,11H,8-9H2,1-3H3. The first-order valence-corrected chi connectivity index (χ1v) is 7.81. The zero-order valence-corrected chi connectivity index (χ0v) is 12.2. The molecule has 0 N–H and O–H groups in total. The number of amides is 1. The number of fused-ring (bicyclic) bond motifs is 1. The fraction of sp³-hybridized carbons (Fsp3) is 0.462. The van der Waals surface area contributed by atoms with Gasteiger partial charge in [-0.2, -0.15) is 0 Å². The summed E-state index contributed by atoms with van der Waals surface area (Å²) in [5.41, 5.74) is 1.91. The lowest BCUT2D eigenvalue weighted by Crippen LogP contribution is -2.27. The van der Waals surface area contributed by atoms with Gasteiger partial charge in [-0.25, -0.2) is 0 Å². The first-order chi connectivity index (χ1) is 9.00.